The number of amides is 2. The van der Waals surface area contributed by atoms with Gasteiger partial charge >= 0.3 is 6.03 Å². The zero-order valence-corrected chi connectivity index (χ0v) is 20.4. The summed E-state index contributed by atoms with van der Waals surface area (Å²) in [5.74, 6) is 0. The van der Waals surface area contributed by atoms with Crippen LogP contribution < -0.4 is 10.5 Å². The van der Waals surface area contributed by atoms with Crippen LogP contribution in [0.2, 0.25) is 0 Å². The molecule has 0 saturated carbocycles. The lowest BCUT2D eigenvalue weighted by atomic mass is 9.90. The number of hydrogen-bond donors (Lipinski definition) is 5. The van der Waals surface area contributed by atoms with Crippen LogP contribution in [-0.2, 0) is 46.7 Å². The van der Waals surface area contributed by atoms with Crippen molar-refractivity contribution in [3.63, 3.8) is 0 Å². The van der Waals surface area contributed by atoms with E-state index in [1.54, 1.807) is 13.8 Å². The van der Waals surface area contributed by atoms with Crippen molar-refractivity contribution in [1.29, 1.82) is 4.78 Å². The summed E-state index contributed by atoms with van der Waals surface area (Å²) < 4.78 is 12.8. The number of rotatable bonds is 4. The number of nitrogens with zero attached hydrogens (tertiary/aromatic N) is 3. The number of pyridine rings is 1. The number of nitrogens with two attached hydrogens (primary N) is 1. The molecule has 9 nitrogen and oxygen atoms in total. The van der Waals surface area contributed by atoms with Crippen LogP contribution in [-0.4, -0.2) is 26.2 Å². The third kappa shape index (κ3) is 4.08. The fourth-order valence-electron chi connectivity index (χ4n) is 4.38. The average molecular weight is 479 g/mol. The van der Waals surface area contributed by atoms with Crippen LogP contribution in [0.1, 0.15) is 73.8 Å². The van der Waals surface area contributed by atoms with Gasteiger partial charge in [0.15, 0.2) is 0 Å². The maximum Gasteiger partial charge on any atom is 0.353 e. The quantitative estimate of drug-likeness (QED) is 0.452. The molecule has 174 valence electrons. The van der Waals surface area contributed by atoms with E-state index in [2.05, 4.69) is 28.5 Å². The highest BCUT2D eigenvalue weighted by molar-refractivity contribution is 7.94. The van der Waals surface area contributed by atoms with Crippen molar-refractivity contribution < 1.29 is 15.0 Å². The van der Waals surface area contributed by atoms with Crippen molar-refractivity contribution >= 4 is 32.9 Å². The third-order valence-corrected chi connectivity index (χ3v) is 9.51. The molecule has 0 bridgehead atoms. The van der Waals surface area contributed by atoms with Crippen LogP contribution in [0.15, 0.2) is 8.57 Å². The molecule has 2 amide bonds. The molecule has 2 aliphatic rings. The molecule has 1 unspecified atom stereocenters. The van der Waals surface area contributed by atoms with E-state index in [0.717, 1.165) is 71.6 Å². The van der Waals surface area contributed by atoms with E-state index in [0.29, 0.717) is 5.01 Å². The largest absolute Gasteiger partial charge is 0.390 e. The average Bonchev–Trinajstić information content (AvgIpc) is 3.38. The number of fused-ring (bicyclic) bond motifs is 2. The van der Waals surface area contributed by atoms with E-state index >= 15 is 0 Å². The molecule has 0 saturated heterocycles. The number of urea groups is 1. The van der Waals surface area contributed by atoms with Crippen molar-refractivity contribution in [2.45, 2.75) is 81.6 Å². The van der Waals surface area contributed by atoms with Crippen molar-refractivity contribution in [1.82, 2.24) is 9.97 Å². The number of aryl methyl sites for hydroxylation is 1. The van der Waals surface area contributed by atoms with Gasteiger partial charge in [0.1, 0.15) is 14.8 Å². The normalized spacial score (nSPS) is 18.7. The summed E-state index contributed by atoms with van der Waals surface area (Å²) in [4.78, 5) is 22.1. The Bertz CT molecular complexity index is 1220. The molecular formula is C21H30N6O3S2. The van der Waals surface area contributed by atoms with Crippen LogP contribution in [0.3, 0.4) is 0 Å². The highest BCUT2D eigenvalue weighted by Gasteiger charge is 2.36. The first-order valence-corrected chi connectivity index (χ1v) is 13.1. The minimum absolute atomic E-state index is 0.0476. The number of aliphatic hydroxyl groups excluding tert-OH is 1. The summed E-state index contributed by atoms with van der Waals surface area (Å²) in [5.41, 5.74) is 3.83. The Morgan fingerprint density at radius 3 is 2.69 bits per heavy atom. The zero-order chi connectivity index (χ0) is 23.5. The van der Waals surface area contributed by atoms with Gasteiger partial charge in [-0.05, 0) is 57.1 Å². The summed E-state index contributed by atoms with van der Waals surface area (Å²) in [5, 5.41) is 29.3. The topological polar surface area (TPSA) is 158 Å². The van der Waals surface area contributed by atoms with Gasteiger partial charge in [-0.2, -0.15) is 0 Å². The van der Waals surface area contributed by atoms with E-state index in [-0.39, 0.29) is 15.3 Å². The lowest BCUT2D eigenvalue weighted by Gasteiger charge is -2.20. The van der Waals surface area contributed by atoms with Crippen molar-refractivity contribution in [3.05, 3.63) is 33.2 Å². The van der Waals surface area contributed by atoms with Crippen molar-refractivity contribution in [2.24, 2.45) is 9.50 Å². The van der Waals surface area contributed by atoms with E-state index in [1.165, 1.54) is 0 Å². The molecular weight excluding hydrogens is 448 g/mol. The van der Waals surface area contributed by atoms with Gasteiger partial charge in [0.25, 0.3) is 0 Å². The predicted molar refractivity (Wildman–Crippen MR) is 125 cm³/mol. The van der Waals surface area contributed by atoms with Gasteiger partial charge in [-0.25, -0.2) is 9.78 Å². The van der Waals surface area contributed by atoms with Crippen LogP contribution in [0, 0.1) is 4.78 Å². The monoisotopic (exact) mass is 478 g/mol. The molecule has 0 aliphatic heterocycles. The first-order valence-electron chi connectivity index (χ1n) is 10.6. The first-order chi connectivity index (χ1) is 14.8. The lowest BCUT2D eigenvalue weighted by molar-refractivity contribution is 0.0779. The Balaban J connectivity index is 1.72. The minimum Gasteiger partial charge on any atom is -0.390 e. The number of aliphatic hydroxyl groups is 2. The Morgan fingerprint density at radius 1 is 1.31 bits per heavy atom. The second-order valence-corrected chi connectivity index (χ2v) is 12.7. The highest BCUT2D eigenvalue weighted by Crippen LogP contribution is 2.44. The second kappa shape index (κ2) is 7.84. The number of anilines is 1. The van der Waals surface area contributed by atoms with Gasteiger partial charge in [0.2, 0.25) is 0 Å². The summed E-state index contributed by atoms with van der Waals surface area (Å²) in [6, 6.07) is -0.688. The highest BCUT2D eigenvalue weighted by atomic mass is 32.2. The Morgan fingerprint density at radius 2 is 2.03 bits per heavy atom. The van der Waals surface area contributed by atoms with Crippen LogP contribution in [0.25, 0.3) is 0 Å². The van der Waals surface area contributed by atoms with E-state index < -0.39 is 28.0 Å². The Labute approximate surface area is 192 Å². The van der Waals surface area contributed by atoms with Gasteiger partial charge in [-0.3, -0.25) is 14.9 Å². The molecule has 6 N–H and O–H groups in total. The molecule has 2 heterocycles. The van der Waals surface area contributed by atoms with Crippen molar-refractivity contribution in [3.8, 4) is 0 Å². The number of carbonyl (C=O) groups excluding carboxylic acids is 1. The predicted octanol–water partition coefficient (Wildman–Crippen LogP) is 3.53. The van der Waals surface area contributed by atoms with Gasteiger partial charge in [0, 0.05) is 20.9 Å². The molecule has 2 aliphatic carbocycles. The zero-order valence-electron chi connectivity index (χ0n) is 18.8. The standard InChI is InChI=1S/C21H30N6O3S2/c1-20(2)9-8-12-15(11-6-5-7-13(11)24-16(12)20)26-19(29)27-32(22,23)17-14(10-28)25-18(31-17)21(3,4)30/h28,30H,5-10H2,1-4H3,(H4,22,23,24,26,27,29). The molecule has 1 atom stereocenters. The second-order valence-electron chi connectivity index (χ2n) is 9.59. The number of thiazole rings is 1. The third-order valence-electron chi connectivity index (χ3n) is 6.04. The molecule has 2 aromatic heterocycles. The van der Waals surface area contributed by atoms with Gasteiger partial charge in [-0.1, -0.05) is 13.8 Å². The summed E-state index contributed by atoms with van der Waals surface area (Å²) in [6.07, 6.45) is 4.54. The molecule has 4 rings (SSSR count). The van der Waals surface area contributed by atoms with E-state index in [1.807, 2.05) is 0 Å². The molecule has 2 aromatic rings. The van der Waals surface area contributed by atoms with Crippen LogP contribution in [0.5, 0.6) is 0 Å². The number of nitrogens with one attached hydrogen (secondary N) is 2. The van der Waals surface area contributed by atoms with Gasteiger partial charge in [-0.15, -0.1) is 15.7 Å². The summed E-state index contributed by atoms with van der Waals surface area (Å²) in [7, 11) is -3.18. The molecule has 32 heavy (non-hydrogen) atoms. The summed E-state index contributed by atoms with van der Waals surface area (Å²) >= 11 is 1.01. The number of aromatic nitrogens is 2. The smallest absolute Gasteiger partial charge is 0.353 e. The molecule has 0 radical (unpaired) electrons. The number of hydrogen-bond acceptors (Lipinski definition) is 7. The van der Waals surface area contributed by atoms with E-state index in [9.17, 15) is 15.0 Å². The Hall–Kier alpha value is -1.92. The fourth-order valence-corrected chi connectivity index (χ4v) is 6.90. The van der Waals surface area contributed by atoms with E-state index in [4.69, 9.17) is 14.9 Å². The van der Waals surface area contributed by atoms with Crippen molar-refractivity contribution in [2.75, 3.05) is 5.32 Å². The lowest BCUT2D eigenvalue weighted by Crippen LogP contribution is -2.19. The van der Waals surface area contributed by atoms with Gasteiger partial charge < -0.3 is 15.5 Å². The Kier molecular flexibility index (Phi) is 5.70. The molecule has 0 fully saturated rings. The van der Waals surface area contributed by atoms with Gasteiger partial charge in [0.05, 0.1) is 23.7 Å². The summed E-state index contributed by atoms with van der Waals surface area (Å²) in [6.45, 7) is 7.00. The maximum absolute atomic E-state index is 13.0. The van der Waals surface area contributed by atoms with Crippen LogP contribution >= 0.6 is 11.3 Å². The number of carbonyl (C=O) groups is 1. The maximum atomic E-state index is 13.0. The molecule has 0 aromatic carbocycles. The minimum atomic E-state index is -3.18. The molecule has 11 heteroatoms. The molecule has 0 spiro atoms. The SMILES string of the molecule is CC(C)(O)c1nc(CO)c(S(=N)(N)=NC(=O)Nc2c3c(nc4c2CCC4(C)C)CCC3)s1. The first kappa shape index (κ1) is 23.2. The fraction of sp³-hybridized carbons (Fsp3) is 0.571. The van der Waals surface area contributed by atoms with Crippen LogP contribution in [0.4, 0.5) is 10.5 Å².